The van der Waals surface area contributed by atoms with Crippen molar-refractivity contribution >= 4 is 28.1 Å². The summed E-state index contributed by atoms with van der Waals surface area (Å²) in [5, 5.41) is 13.2. The lowest BCUT2D eigenvalue weighted by atomic mass is 10.1. The Morgan fingerprint density at radius 3 is 2.71 bits per heavy atom. The molecule has 2 aromatic carbocycles. The number of carbonyl (C=O) groups excluding carboxylic acids is 1. The number of ether oxygens (including phenoxy) is 1. The van der Waals surface area contributed by atoms with E-state index in [1.165, 1.54) is 11.3 Å². The van der Waals surface area contributed by atoms with E-state index in [1.807, 2.05) is 47.8 Å². The molecule has 1 heterocycles. The summed E-state index contributed by atoms with van der Waals surface area (Å²) in [7, 11) is 0. The molecule has 3 rings (SSSR count). The Balaban J connectivity index is 1.93. The average molecular weight is 298 g/mol. The summed E-state index contributed by atoms with van der Waals surface area (Å²) in [5.74, 6) is 0.139. The van der Waals surface area contributed by atoms with Gasteiger partial charge >= 0.3 is 5.97 Å². The Bertz CT molecular complexity index is 763. The van der Waals surface area contributed by atoms with Crippen molar-refractivity contribution in [2.24, 2.45) is 0 Å². The number of rotatable bonds is 4. The molecule has 0 aliphatic heterocycles. The molecule has 0 saturated carbocycles. The smallest absolute Gasteiger partial charge is 0.316 e. The van der Waals surface area contributed by atoms with Gasteiger partial charge in [-0.25, -0.2) is 0 Å². The monoisotopic (exact) mass is 298 g/mol. The van der Waals surface area contributed by atoms with Crippen molar-refractivity contribution < 1.29 is 14.6 Å². The summed E-state index contributed by atoms with van der Waals surface area (Å²) in [6.45, 7) is -0.160. The fourth-order valence-electron chi connectivity index (χ4n) is 2.24. The largest absolute Gasteiger partial charge is 0.425 e. The number of esters is 1. The third-order valence-corrected chi connectivity index (χ3v) is 4.12. The molecule has 1 N–H and O–H groups in total. The summed E-state index contributed by atoms with van der Waals surface area (Å²) in [5.41, 5.74) is 0.619. The molecule has 0 unspecified atom stereocenters. The lowest BCUT2D eigenvalue weighted by molar-refractivity contribution is -0.133. The molecule has 0 bridgehead atoms. The number of carbonyl (C=O) groups is 1. The highest BCUT2D eigenvalue weighted by molar-refractivity contribution is 7.10. The van der Waals surface area contributed by atoms with Gasteiger partial charge in [-0.05, 0) is 16.8 Å². The average Bonchev–Trinajstić information content (AvgIpc) is 3.00. The number of fused-ring (bicyclic) bond motifs is 1. The number of thiophene rings is 1. The van der Waals surface area contributed by atoms with Gasteiger partial charge in [-0.3, -0.25) is 4.79 Å². The first-order valence-electron chi connectivity index (χ1n) is 6.62. The summed E-state index contributed by atoms with van der Waals surface area (Å²) in [6.07, 6.45) is 0.242. The number of hydrogen-bond donors (Lipinski definition) is 1. The number of hydrogen-bond acceptors (Lipinski definition) is 4. The molecule has 3 nitrogen and oxygen atoms in total. The van der Waals surface area contributed by atoms with E-state index in [2.05, 4.69) is 0 Å². The Labute approximate surface area is 126 Å². The van der Waals surface area contributed by atoms with Crippen LogP contribution >= 0.6 is 11.3 Å². The highest BCUT2D eigenvalue weighted by Crippen LogP contribution is 2.30. The quantitative estimate of drug-likeness (QED) is 0.592. The Morgan fingerprint density at radius 1 is 1.10 bits per heavy atom. The van der Waals surface area contributed by atoms with E-state index in [9.17, 15) is 9.90 Å². The number of benzene rings is 2. The van der Waals surface area contributed by atoms with E-state index >= 15 is 0 Å². The molecular weight excluding hydrogens is 284 g/mol. The topological polar surface area (TPSA) is 46.5 Å². The van der Waals surface area contributed by atoms with Crippen LogP contribution in [0.4, 0.5) is 0 Å². The maximum Gasteiger partial charge on any atom is 0.316 e. The zero-order chi connectivity index (χ0) is 14.7. The van der Waals surface area contributed by atoms with E-state index in [-0.39, 0.29) is 19.0 Å². The van der Waals surface area contributed by atoms with Crippen LogP contribution in [0, 0.1) is 0 Å². The SMILES string of the molecule is O=C(Cc1cccs1)Oc1c(CO)ccc2ccccc12. The first-order chi connectivity index (χ1) is 10.3. The van der Waals surface area contributed by atoms with Crippen molar-refractivity contribution in [3.05, 3.63) is 64.4 Å². The molecule has 0 saturated heterocycles. The molecule has 4 heteroatoms. The molecule has 0 radical (unpaired) electrons. The fourth-order valence-corrected chi connectivity index (χ4v) is 2.93. The Hall–Kier alpha value is -2.17. The van der Waals surface area contributed by atoms with Crippen LogP contribution in [0.25, 0.3) is 10.8 Å². The molecule has 106 valence electrons. The van der Waals surface area contributed by atoms with E-state index in [1.54, 1.807) is 6.07 Å². The Kier molecular flexibility index (Phi) is 3.99. The van der Waals surface area contributed by atoms with Gasteiger partial charge in [0.1, 0.15) is 5.75 Å². The van der Waals surface area contributed by atoms with Gasteiger partial charge in [-0.15, -0.1) is 11.3 Å². The molecule has 3 aromatic rings. The van der Waals surface area contributed by atoms with Crippen LogP contribution in [0.3, 0.4) is 0 Å². The molecular formula is C17H14O3S. The highest BCUT2D eigenvalue weighted by Gasteiger charge is 2.13. The summed E-state index contributed by atoms with van der Waals surface area (Å²) in [6, 6.07) is 15.2. The van der Waals surface area contributed by atoms with Crippen molar-refractivity contribution in [1.29, 1.82) is 0 Å². The van der Waals surface area contributed by atoms with Crippen LogP contribution in [0.2, 0.25) is 0 Å². The van der Waals surface area contributed by atoms with Gasteiger partial charge in [-0.2, -0.15) is 0 Å². The van der Waals surface area contributed by atoms with Gasteiger partial charge in [0, 0.05) is 15.8 Å². The molecule has 0 amide bonds. The van der Waals surface area contributed by atoms with Crippen LogP contribution in [-0.4, -0.2) is 11.1 Å². The zero-order valence-electron chi connectivity index (χ0n) is 11.3. The molecule has 0 fully saturated rings. The number of aliphatic hydroxyl groups is 1. The number of aliphatic hydroxyl groups excluding tert-OH is 1. The summed E-state index contributed by atoms with van der Waals surface area (Å²) < 4.78 is 5.53. The molecule has 0 spiro atoms. The van der Waals surface area contributed by atoms with Crippen LogP contribution in [-0.2, 0) is 17.8 Å². The molecule has 0 aliphatic rings. The van der Waals surface area contributed by atoms with Gasteiger partial charge in [0.2, 0.25) is 0 Å². The molecule has 0 atom stereocenters. The second-order valence-corrected chi connectivity index (χ2v) is 5.70. The first-order valence-corrected chi connectivity index (χ1v) is 7.50. The van der Waals surface area contributed by atoms with Gasteiger partial charge in [-0.1, -0.05) is 42.5 Å². The van der Waals surface area contributed by atoms with Gasteiger partial charge in [0.05, 0.1) is 13.0 Å². The summed E-state index contributed by atoms with van der Waals surface area (Å²) in [4.78, 5) is 13.1. The molecule has 1 aromatic heterocycles. The van der Waals surface area contributed by atoms with Crippen LogP contribution in [0.5, 0.6) is 5.75 Å². The van der Waals surface area contributed by atoms with Crippen LogP contribution in [0.15, 0.2) is 53.9 Å². The standard InChI is InChI=1S/C17H14O3S/c18-11-13-8-7-12-4-1-2-6-15(12)17(13)20-16(19)10-14-5-3-9-21-14/h1-9,18H,10-11H2. The van der Waals surface area contributed by atoms with Gasteiger partial charge in [0.25, 0.3) is 0 Å². The third-order valence-electron chi connectivity index (χ3n) is 3.25. The van der Waals surface area contributed by atoms with Crippen molar-refractivity contribution in [2.75, 3.05) is 0 Å². The van der Waals surface area contributed by atoms with Crippen molar-refractivity contribution in [2.45, 2.75) is 13.0 Å². The van der Waals surface area contributed by atoms with Gasteiger partial charge < -0.3 is 9.84 Å². The van der Waals surface area contributed by atoms with Crippen LogP contribution < -0.4 is 4.74 Å². The molecule has 21 heavy (non-hydrogen) atoms. The lowest BCUT2D eigenvalue weighted by Crippen LogP contribution is -2.12. The molecule has 0 aliphatic carbocycles. The van der Waals surface area contributed by atoms with E-state index < -0.39 is 0 Å². The van der Waals surface area contributed by atoms with Crippen molar-refractivity contribution in [3.8, 4) is 5.75 Å². The lowest BCUT2D eigenvalue weighted by Gasteiger charge is -2.11. The van der Waals surface area contributed by atoms with E-state index in [0.717, 1.165) is 15.6 Å². The minimum Gasteiger partial charge on any atom is -0.425 e. The second kappa shape index (κ2) is 6.08. The second-order valence-electron chi connectivity index (χ2n) is 4.66. The minimum atomic E-state index is -0.316. The zero-order valence-corrected chi connectivity index (χ0v) is 12.1. The van der Waals surface area contributed by atoms with E-state index in [4.69, 9.17) is 4.74 Å². The van der Waals surface area contributed by atoms with Crippen LogP contribution in [0.1, 0.15) is 10.4 Å². The maximum absolute atomic E-state index is 12.1. The normalized spacial score (nSPS) is 10.7. The predicted octanol–water partition coefficient (Wildman–Crippen LogP) is 3.54. The predicted molar refractivity (Wildman–Crippen MR) is 83.5 cm³/mol. The van der Waals surface area contributed by atoms with Crippen molar-refractivity contribution in [1.82, 2.24) is 0 Å². The highest BCUT2D eigenvalue weighted by atomic mass is 32.1. The third kappa shape index (κ3) is 2.96. The Morgan fingerprint density at radius 2 is 1.95 bits per heavy atom. The van der Waals surface area contributed by atoms with E-state index in [0.29, 0.717) is 11.3 Å². The first kappa shape index (κ1) is 13.8. The maximum atomic E-state index is 12.1. The van der Waals surface area contributed by atoms with Crippen molar-refractivity contribution in [3.63, 3.8) is 0 Å². The summed E-state index contributed by atoms with van der Waals surface area (Å²) >= 11 is 1.53. The van der Waals surface area contributed by atoms with Gasteiger partial charge in [0.15, 0.2) is 0 Å². The minimum absolute atomic E-state index is 0.160. The fraction of sp³-hybridized carbons (Fsp3) is 0.118.